The molecule has 3 atom stereocenters. The first-order chi connectivity index (χ1) is 8.06. The standard InChI is InChI=1S/C13H25N3O/c1-9(2)6-11-7-12(11)15-13(14)16-4-5-17-10(3)8-16/h9-12H,4-8H2,1-3H3,(H2,14,15)/t10?,11-,12-/m1/s1. The Hall–Kier alpha value is -0.770. The Bertz CT molecular complexity index is 290. The lowest BCUT2D eigenvalue weighted by Gasteiger charge is -2.31. The number of hydrogen-bond acceptors (Lipinski definition) is 2. The Morgan fingerprint density at radius 3 is 2.94 bits per heavy atom. The Morgan fingerprint density at radius 2 is 2.29 bits per heavy atom. The number of aliphatic imine (C=N–C) groups is 1. The third-order valence-corrected chi connectivity index (χ3v) is 3.52. The van der Waals surface area contributed by atoms with Crippen LogP contribution in [0.25, 0.3) is 0 Å². The monoisotopic (exact) mass is 239 g/mol. The van der Waals surface area contributed by atoms with E-state index in [1.165, 1.54) is 12.8 Å². The molecule has 1 unspecified atom stereocenters. The van der Waals surface area contributed by atoms with Crippen molar-refractivity contribution in [1.29, 1.82) is 0 Å². The summed E-state index contributed by atoms with van der Waals surface area (Å²) in [7, 11) is 0. The molecule has 2 aliphatic rings. The van der Waals surface area contributed by atoms with E-state index in [1.54, 1.807) is 0 Å². The molecule has 98 valence electrons. The van der Waals surface area contributed by atoms with E-state index < -0.39 is 0 Å². The fourth-order valence-electron chi connectivity index (χ4n) is 2.53. The minimum Gasteiger partial charge on any atom is -0.375 e. The number of nitrogens with two attached hydrogens (primary N) is 1. The van der Waals surface area contributed by atoms with Gasteiger partial charge < -0.3 is 15.4 Å². The van der Waals surface area contributed by atoms with Gasteiger partial charge in [0, 0.05) is 13.1 Å². The topological polar surface area (TPSA) is 50.8 Å². The van der Waals surface area contributed by atoms with E-state index in [2.05, 4.69) is 30.7 Å². The smallest absolute Gasteiger partial charge is 0.191 e. The van der Waals surface area contributed by atoms with E-state index in [9.17, 15) is 0 Å². The molecule has 2 rings (SSSR count). The van der Waals surface area contributed by atoms with Gasteiger partial charge in [-0.25, -0.2) is 4.99 Å². The Labute approximate surface area is 104 Å². The van der Waals surface area contributed by atoms with Crippen molar-refractivity contribution in [3.05, 3.63) is 0 Å². The lowest BCUT2D eigenvalue weighted by atomic mass is 10.1. The van der Waals surface area contributed by atoms with Crippen molar-refractivity contribution in [2.75, 3.05) is 19.7 Å². The van der Waals surface area contributed by atoms with Crippen LogP contribution in [-0.2, 0) is 4.74 Å². The highest BCUT2D eigenvalue weighted by molar-refractivity contribution is 5.78. The first-order valence-electron chi connectivity index (χ1n) is 6.76. The van der Waals surface area contributed by atoms with Crippen LogP contribution >= 0.6 is 0 Å². The predicted octanol–water partition coefficient (Wildman–Crippen LogP) is 1.46. The molecule has 4 heteroatoms. The van der Waals surface area contributed by atoms with Crippen LogP contribution in [0.15, 0.2) is 4.99 Å². The maximum absolute atomic E-state index is 6.06. The average molecular weight is 239 g/mol. The molecule has 0 aromatic rings. The second-order valence-electron chi connectivity index (χ2n) is 5.81. The summed E-state index contributed by atoms with van der Waals surface area (Å²) < 4.78 is 5.50. The van der Waals surface area contributed by atoms with E-state index in [-0.39, 0.29) is 6.10 Å². The molecule has 0 bridgehead atoms. The lowest BCUT2D eigenvalue weighted by molar-refractivity contribution is 0.00527. The van der Waals surface area contributed by atoms with Gasteiger partial charge in [0.25, 0.3) is 0 Å². The molecule has 0 radical (unpaired) electrons. The van der Waals surface area contributed by atoms with Gasteiger partial charge in [-0.15, -0.1) is 0 Å². The molecule has 0 spiro atoms. The predicted molar refractivity (Wildman–Crippen MR) is 70.0 cm³/mol. The minimum absolute atomic E-state index is 0.267. The summed E-state index contributed by atoms with van der Waals surface area (Å²) in [5.74, 6) is 2.26. The maximum atomic E-state index is 6.06. The number of hydrogen-bond donors (Lipinski definition) is 1. The maximum Gasteiger partial charge on any atom is 0.191 e. The zero-order chi connectivity index (χ0) is 12.4. The number of nitrogens with zero attached hydrogens (tertiary/aromatic N) is 2. The van der Waals surface area contributed by atoms with E-state index in [1.807, 2.05) is 0 Å². The molecule has 0 aromatic carbocycles. The first kappa shape index (κ1) is 12.7. The molecule has 4 nitrogen and oxygen atoms in total. The summed E-state index contributed by atoms with van der Waals surface area (Å²) >= 11 is 0. The first-order valence-corrected chi connectivity index (χ1v) is 6.76. The molecular weight excluding hydrogens is 214 g/mol. The van der Waals surface area contributed by atoms with Crippen molar-refractivity contribution in [3.8, 4) is 0 Å². The van der Waals surface area contributed by atoms with Gasteiger partial charge >= 0.3 is 0 Å². The van der Waals surface area contributed by atoms with Crippen LogP contribution in [0.4, 0.5) is 0 Å². The van der Waals surface area contributed by atoms with Gasteiger partial charge in [0.1, 0.15) is 0 Å². The van der Waals surface area contributed by atoms with Crippen LogP contribution in [0.1, 0.15) is 33.6 Å². The quantitative estimate of drug-likeness (QED) is 0.599. The van der Waals surface area contributed by atoms with E-state index in [0.29, 0.717) is 6.04 Å². The van der Waals surface area contributed by atoms with Gasteiger partial charge in [-0.2, -0.15) is 0 Å². The number of rotatable bonds is 3. The highest BCUT2D eigenvalue weighted by Gasteiger charge is 2.37. The third-order valence-electron chi connectivity index (χ3n) is 3.52. The fourth-order valence-corrected chi connectivity index (χ4v) is 2.53. The van der Waals surface area contributed by atoms with Gasteiger partial charge in [0.05, 0.1) is 18.8 Å². The third kappa shape index (κ3) is 3.60. The molecule has 1 heterocycles. The molecule has 2 fully saturated rings. The fraction of sp³-hybridized carbons (Fsp3) is 0.923. The van der Waals surface area contributed by atoms with Crippen LogP contribution in [0, 0.1) is 11.8 Å². The van der Waals surface area contributed by atoms with Gasteiger partial charge in [0.15, 0.2) is 5.96 Å². The Kier molecular flexibility index (Phi) is 3.92. The van der Waals surface area contributed by atoms with Crippen LogP contribution < -0.4 is 5.73 Å². The molecule has 0 aromatic heterocycles. The summed E-state index contributed by atoms with van der Waals surface area (Å²) in [6.07, 6.45) is 2.77. The summed E-state index contributed by atoms with van der Waals surface area (Å²) in [6, 6.07) is 0.482. The second-order valence-corrected chi connectivity index (χ2v) is 5.81. The summed E-state index contributed by atoms with van der Waals surface area (Å²) in [6.45, 7) is 9.13. The van der Waals surface area contributed by atoms with Gasteiger partial charge in [-0.1, -0.05) is 13.8 Å². The van der Waals surface area contributed by atoms with Crippen molar-refractivity contribution < 1.29 is 4.74 Å². The Morgan fingerprint density at radius 1 is 1.53 bits per heavy atom. The average Bonchev–Trinajstić information content (AvgIpc) is 2.95. The van der Waals surface area contributed by atoms with Gasteiger partial charge in [0.2, 0.25) is 0 Å². The van der Waals surface area contributed by atoms with Crippen LogP contribution in [-0.4, -0.2) is 42.7 Å². The highest BCUT2D eigenvalue weighted by Crippen LogP contribution is 2.39. The van der Waals surface area contributed by atoms with Crippen molar-refractivity contribution in [2.24, 2.45) is 22.6 Å². The van der Waals surface area contributed by atoms with E-state index in [4.69, 9.17) is 10.5 Å². The van der Waals surface area contributed by atoms with Crippen molar-refractivity contribution >= 4 is 5.96 Å². The van der Waals surface area contributed by atoms with Crippen molar-refractivity contribution in [3.63, 3.8) is 0 Å². The molecule has 1 saturated heterocycles. The van der Waals surface area contributed by atoms with Crippen molar-refractivity contribution in [1.82, 2.24) is 4.90 Å². The number of morpholine rings is 1. The van der Waals surface area contributed by atoms with Crippen LogP contribution in [0.3, 0.4) is 0 Å². The Balaban J connectivity index is 1.81. The molecule has 0 amide bonds. The second kappa shape index (κ2) is 5.25. The summed E-state index contributed by atoms with van der Waals surface area (Å²) in [5.41, 5.74) is 6.06. The molecule has 17 heavy (non-hydrogen) atoms. The zero-order valence-electron chi connectivity index (χ0n) is 11.2. The van der Waals surface area contributed by atoms with Crippen LogP contribution in [0.5, 0.6) is 0 Å². The van der Waals surface area contributed by atoms with Gasteiger partial charge in [-0.3, -0.25) is 0 Å². The lowest BCUT2D eigenvalue weighted by Crippen LogP contribution is -2.48. The molecule has 2 N–H and O–H groups in total. The molecular formula is C13H25N3O. The largest absolute Gasteiger partial charge is 0.375 e. The summed E-state index contributed by atoms with van der Waals surface area (Å²) in [5, 5.41) is 0. The highest BCUT2D eigenvalue weighted by atomic mass is 16.5. The van der Waals surface area contributed by atoms with Crippen LogP contribution in [0.2, 0.25) is 0 Å². The zero-order valence-corrected chi connectivity index (χ0v) is 11.2. The molecule has 1 saturated carbocycles. The van der Waals surface area contributed by atoms with Crippen molar-refractivity contribution in [2.45, 2.75) is 45.8 Å². The SMILES string of the molecule is CC(C)C[C@@H]1C[C@H]1N=C(N)N1CCOC(C)C1. The van der Waals surface area contributed by atoms with Gasteiger partial charge in [-0.05, 0) is 31.6 Å². The molecule has 1 aliphatic heterocycles. The number of ether oxygens (including phenoxy) is 1. The summed E-state index contributed by atoms with van der Waals surface area (Å²) in [4.78, 5) is 6.80. The number of guanidine groups is 1. The normalized spacial score (nSPS) is 34.2. The molecule has 1 aliphatic carbocycles. The van der Waals surface area contributed by atoms with E-state index in [0.717, 1.165) is 37.5 Å². The minimum atomic E-state index is 0.267. The van der Waals surface area contributed by atoms with E-state index >= 15 is 0 Å².